The largest absolute Gasteiger partial charge is 0.436 e. The SMILES string of the molecule is O=C1N(c2ccccc2)C(=O)N(c2ccccc2)P(Oc2ccccc2)N1c1ccccc1. The summed E-state index contributed by atoms with van der Waals surface area (Å²) in [6.45, 7) is 0. The summed E-state index contributed by atoms with van der Waals surface area (Å²) in [6.07, 6.45) is 0. The molecule has 0 saturated carbocycles. The van der Waals surface area contributed by atoms with Gasteiger partial charge in [0.2, 0.25) is 0 Å². The van der Waals surface area contributed by atoms with Gasteiger partial charge in [-0.15, -0.1) is 0 Å². The zero-order valence-corrected chi connectivity index (χ0v) is 18.5. The van der Waals surface area contributed by atoms with Crippen LogP contribution >= 0.6 is 8.45 Å². The molecule has 6 nitrogen and oxygen atoms in total. The summed E-state index contributed by atoms with van der Waals surface area (Å²) in [5.41, 5.74) is 1.77. The van der Waals surface area contributed by atoms with Crippen molar-refractivity contribution in [3.63, 3.8) is 0 Å². The molecule has 33 heavy (non-hydrogen) atoms. The van der Waals surface area contributed by atoms with Crippen LogP contribution in [0, 0.1) is 0 Å². The molecule has 0 spiro atoms. The second-order valence-corrected chi connectivity index (χ2v) is 8.68. The van der Waals surface area contributed by atoms with Crippen LogP contribution in [0.15, 0.2) is 121 Å². The van der Waals surface area contributed by atoms with Gasteiger partial charge in [-0.2, -0.15) is 0 Å². The Morgan fingerprint density at radius 1 is 0.485 bits per heavy atom. The van der Waals surface area contributed by atoms with Crippen molar-refractivity contribution < 1.29 is 14.1 Å². The minimum absolute atomic E-state index is 0.466. The third-order valence-corrected chi connectivity index (χ3v) is 6.90. The van der Waals surface area contributed by atoms with E-state index in [1.54, 1.807) is 33.6 Å². The number of rotatable bonds is 5. The minimum Gasteiger partial charge on any atom is -0.436 e. The van der Waals surface area contributed by atoms with Crippen LogP contribution in [-0.2, 0) is 0 Å². The number of amides is 4. The number of anilines is 3. The van der Waals surface area contributed by atoms with Gasteiger partial charge in [0, 0.05) is 0 Å². The summed E-state index contributed by atoms with van der Waals surface area (Å²) < 4.78 is 9.48. The summed E-state index contributed by atoms with van der Waals surface area (Å²) >= 11 is 0. The molecule has 4 aromatic rings. The van der Waals surface area contributed by atoms with E-state index >= 15 is 0 Å². The lowest BCUT2D eigenvalue weighted by Crippen LogP contribution is -2.57. The molecule has 0 unspecified atom stereocenters. The van der Waals surface area contributed by atoms with Crippen LogP contribution in [0.1, 0.15) is 0 Å². The van der Waals surface area contributed by atoms with Crippen molar-refractivity contribution >= 4 is 37.6 Å². The van der Waals surface area contributed by atoms with E-state index in [0.29, 0.717) is 22.8 Å². The molecule has 7 heteroatoms. The normalized spacial score (nSPS) is 14.5. The highest BCUT2D eigenvalue weighted by molar-refractivity contribution is 7.59. The van der Waals surface area contributed by atoms with Crippen LogP contribution in [-0.4, -0.2) is 12.1 Å². The maximum absolute atomic E-state index is 13.9. The summed E-state index contributed by atoms with van der Waals surface area (Å²) in [7, 11) is -1.90. The van der Waals surface area contributed by atoms with Crippen LogP contribution < -0.4 is 18.8 Å². The zero-order chi connectivity index (χ0) is 22.6. The lowest BCUT2D eigenvalue weighted by atomic mass is 10.3. The Balaban J connectivity index is 1.69. The third kappa shape index (κ3) is 4.04. The first kappa shape index (κ1) is 20.7. The Morgan fingerprint density at radius 3 is 1.27 bits per heavy atom. The molecule has 4 aromatic carbocycles. The Hall–Kier alpha value is -4.15. The quantitative estimate of drug-likeness (QED) is 0.304. The van der Waals surface area contributed by atoms with Gasteiger partial charge in [-0.05, 0) is 48.5 Å². The first-order chi connectivity index (χ1) is 16.2. The summed E-state index contributed by atoms with van der Waals surface area (Å²) in [5.74, 6) is 0.569. The van der Waals surface area contributed by atoms with Crippen LogP contribution in [0.3, 0.4) is 0 Å². The number of para-hydroxylation sites is 4. The molecule has 162 valence electrons. The van der Waals surface area contributed by atoms with Crippen molar-refractivity contribution in [3.8, 4) is 5.75 Å². The summed E-state index contributed by atoms with van der Waals surface area (Å²) in [4.78, 5) is 28.9. The maximum Gasteiger partial charge on any atom is 0.344 e. The van der Waals surface area contributed by atoms with Crippen molar-refractivity contribution in [3.05, 3.63) is 121 Å². The molecular formula is C26H20N3O3P. The number of carbonyl (C=O) groups excluding carboxylic acids is 2. The monoisotopic (exact) mass is 453 g/mol. The summed E-state index contributed by atoms with van der Waals surface area (Å²) in [6, 6.07) is 35.8. The van der Waals surface area contributed by atoms with Crippen LogP contribution in [0.25, 0.3) is 0 Å². The van der Waals surface area contributed by atoms with E-state index in [4.69, 9.17) is 4.52 Å². The fraction of sp³-hybridized carbons (Fsp3) is 0. The fourth-order valence-corrected chi connectivity index (χ4v) is 5.30. The van der Waals surface area contributed by atoms with Crippen molar-refractivity contribution in [2.75, 3.05) is 14.2 Å². The second kappa shape index (κ2) is 9.15. The lowest BCUT2D eigenvalue weighted by molar-refractivity contribution is 0.241. The minimum atomic E-state index is -1.90. The van der Waals surface area contributed by atoms with E-state index in [0.717, 1.165) is 0 Å². The topological polar surface area (TPSA) is 53.1 Å². The molecule has 0 N–H and O–H groups in total. The number of hydrogen-bond donors (Lipinski definition) is 0. The van der Waals surface area contributed by atoms with Gasteiger partial charge in [-0.3, -0.25) is 0 Å². The van der Waals surface area contributed by atoms with E-state index in [1.807, 2.05) is 97.1 Å². The van der Waals surface area contributed by atoms with Gasteiger partial charge < -0.3 is 4.52 Å². The van der Waals surface area contributed by atoms with E-state index in [2.05, 4.69) is 0 Å². The van der Waals surface area contributed by atoms with Crippen LogP contribution in [0.5, 0.6) is 5.75 Å². The van der Waals surface area contributed by atoms with Gasteiger partial charge in [-0.1, -0.05) is 72.8 Å². The number of hydrogen-bond acceptors (Lipinski definition) is 3. The van der Waals surface area contributed by atoms with E-state index in [9.17, 15) is 9.59 Å². The molecule has 1 aliphatic rings. The van der Waals surface area contributed by atoms with Crippen molar-refractivity contribution in [1.29, 1.82) is 0 Å². The molecule has 0 radical (unpaired) electrons. The van der Waals surface area contributed by atoms with Gasteiger partial charge in [0.15, 0.2) is 0 Å². The van der Waals surface area contributed by atoms with Gasteiger partial charge in [0.05, 0.1) is 17.1 Å². The molecule has 0 bridgehead atoms. The molecule has 1 aliphatic heterocycles. The molecule has 0 atom stereocenters. The van der Waals surface area contributed by atoms with Crippen LogP contribution in [0.2, 0.25) is 0 Å². The number of carbonyl (C=O) groups is 2. The fourth-order valence-electron chi connectivity index (χ4n) is 3.52. The molecule has 0 aromatic heterocycles. The predicted octanol–water partition coefficient (Wildman–Crippen LogP) is 7.07. The van der Waals surface area contributed by atoms with E-state index in [1.165, 1.54) is 4.90 Å². The molecule has 1 heterocycles. The highest BCUT2D eigenvalue weighted by Crippen LogP contribution is 2.54. The van der Waals surface area contributed by atoms with Crippen molar-refractivity contribution in [2.24, 2.45) is 0 Å². The molecule has 1 fully saturated rings. The molecule has 4 amide bonds. The Morgan fingerprint density at radius 2 is 0.848 bits per heavy atom. The highest BCUT2D eigenvalue weighted by atomic mass is 31.2. The highest BCUT2D eigenvalue weighted by Gasteiger charge is 2.49. The van der Waals surface area contributed by atoms with Crippen LogP contribution in [0.4, 0.5) is 26.7 Å². The maximum atomic E-state index is 13.9. The number of urea groups is 2. The zero-order valence-electron chi connectivity index (χ0n) is 17.6. The first-order valence-corrected chi connectivity index (χ1v) is 11.6. The molecule has 0 aliphatic carbocycles. The van der Waals surface area contributed by atoms with Gasteiger partial charge >= 0.3 is 20.5 Å². The smallest absolute Gasteiger partial charge is 0.344 e. The lowest BCUT2D eigenvalue weighted by Gasteiger charge is -2.44. The van der Waals surface area contributed by atoms with Crippen molar-refractivity contribution in [1.82, 2.24) is 0 Å². The van der Waals surface area contributed by atoms with Gasteiger partial charge in [-0.25, -0.2) is 23.8 Å². The number of nitrogens with zero attached hydrogens (tertiary/aromatic N) is 3. The number of benzene rings is 4. The Bertz CT molecular complexity index is 1180. The third-order valence-electron chi connectivity index (χ3n) is 5.03. The Kier molecular flexibility index (Phi) is 5.75. The van der Waals surface area contributed by atoms with E-state index in [-0.39, 0.29) is 0 Å². The first-order valence-electron chi connectivity index (χ1n) is 10.4. The van der Waals surface area contributed by atoms with Gasteiger partial charge in [0.1, 0.15) is 5.75 Å². The van der Waals surface area contributed by atoms with Gasteiger partial charge in [0.25, 0.3) is 0 Å². The second-order valence-electron chi connectivity index (χ2n) is 7.19. The number of imide groups is 1. The van der Waals surface area contributed by atoms with E-state index < -0.39 is 20.5 Å². The average molecular weight is 453 g/mol. The molecule has 5 rings (SSSR count). The standard InChI is InChI=1S/C26H20N3O3P/c30-25-27(21-13-5-1-6-14-21)26(31)29(23-17-9-3-10-18-23)33(32-24-19-11-4-12-20-24)28(25)22-15-7-2-8-16-22/h1-20H. The average Bonchev–Trinajstić information content (AvgIpc) is 2.87. The Labute approximate surface area is 193 Å². The molecular weight excluding hydrogens is 433 g/mol. The molecule has 1 saturated heterocycles. The predicted molar refractivity (Wildman–Crippen MR) is 132 cm³/mol. The summed E-state index contributed by atoms with van der Waals surface area (Å²) in [5, 5.41) is 0. The van der Waals surface area contributed by atoms with Crippen molar-refractivity contribution in [2.45, 2.75) is 0 Å².